The fourth-order valence-corrected chi connectivity index (χ4v) is 3.10. The molecule has 0 bridgehead atoms. The van der Waals surface area contributed by atoms with E-state index in [1.807, 2.05) is 51.1 Å². The fraction of sp³-hybridized carbons (Fsp3) is 0.278. The molecule has 0 aliphatic carbocycles. The summed E-state index contributed by atoms with van der Waals surface area (Å²) >= 11 is 1.33. The molecule has 0 unspecified atom stereocenters. The number of ether oxygens (including phenoxy) is 1. The minimum Gasteiger partial charge on any atom is -0.444 e. The molecule has 124 valence electrons. The Morgan fingerprint density at radius 1 is 1.12 bits per heavy atom. The van der Waals surface area contributed by atoms with E-state index in [0.29, 0.717) is 5.13 Å². The second-order valence-electron chi connectivity index (χ2n) is 6.48. The lowest BCUT2D eigenvalue weighted by Crippen LogP contribution is -2.27. The predicted molar refractivity (Wildman–Crippen MR) is 97.4 cm³/mol. The van der Waals surface area contributed by atoms with Crippen LogP contribution in [0.2, 0.25) is 0 Å². The van der Waals surface area contributed by atoms with Crippen molar-refractivity contribution in [2.45, 2.75) is 33.3 Å². The number of amides is 1. The zero-order chi connectivity index (χ0) is 17.3. The van der Waals surface area contributed by atoms with Gasteiger partial charge in [0, 0.05) is 5.56 Å². The van der Waals surface area contributed by atoms with Crippen LogP contribution in [0, 0.1) is 6.92 Å². The summed E-state index contributed by atoms with van der Waals surface area (Å²) in [5, 5.41) is 3.15. The van der Waals surface area contributed by atoms with Gasteiger partial charge in [0.2, 0.25) is 0 Å². The Hall–Kier alpha value is -2.47. The molecule has 3 aromatic rings. The Morgan fingerprint density at radius 3 is 2.58 bits per heavy atom. The van der Waals surface area contributed by atoms with E-state index in [2.05, 4.69) is 28.3 Å². The van der Waals surface area contributed by atoms with E-state index < -0.39 is 11.7 Å². The lowest BCUT2D eigenvalue weighted by atomic mass is 10.1. The zero-order valence-corrected chi connectivity index (χ0v) is 14.9. The molecule has 2 aromatic heterocycles. The molecule has 6 heteroatoms. The normalized spacial score (nSPS) is 11.5. The number of carbonyl (C=O) groups excluding carboxylic acids is 1. The van der Waals surface area contributed by atoms with Gasteiger partial charge in [-0.05, 0) is 45.4 Å². The van der Waals surface area contributed by atoms with Gasteiger partial charge < -0.3 is 4.74 Å². The van der Waals surface area contributed by atoms with Gasteiger partial charge in [-0.15, -0.1) is 0 Å². The van der Waals surface area contributed by atoms with Crippen LogP contribution in [-0.4, -0.2) is 21.7 Å². The number of benzene rings is 1. The van der Waals surface area contributed by atoms with Crippen molar-refractivity contribution in [2.75, 3.05) is 5.32 Å². The van der Waals surface area contributed by atoms with Crippen LogP contribution in [0.15, 0.2) is 36.4 Å². The van der Waals surface area contributed by atoms with Gasteiger partial charge in [0.1, 0.15) is 15.9 Å². The summed E-state index contributed by atoms with van der Waals surface area (Å²) in [5.74, 6) is 0. The number of fused-ring (bicyclic) bond motifs is 1. The highest BCUT2D eigenvalue weighted by molar-refractivity contribution is 7.21. The molecule has 3 rings (SSSR count). The van der Waals surface area contributed by atoms with Crippen LogP contribution < -0.4 is 5.32 Å². The quantitative estimate of drug-likeness (QED) is 0.711. The van der Waals surface area contributed by atoms with Crippen LogP contribution in [0.4, 0.5) is 9.93 Å². The molecule has 5 nitrogen and oxygen atoms in total. The third-order valence-corrected chi connectivity index (χ3v) is 4.16. The van der Waals surface area contributed by atoms with Crippen molar-refractivity contribution in [3.63, 3.8) is 0 Å². The topological polar surface area (TPSA) is 64.1 Å². The van der Waals surface area contributed by atoms with Gasteiger partial charge >= 0.3 is 6.09 Å². The van der Waals surface area contributed by atoms with Crippen molar-refractivity contribution in [3.8, 4) is 11.3 Å². The Kier molecular flexibility index (Phi) is 4.24. The highest BCUT2D eigenvalue weighted by Crippen LogP contribution is 2.29. The molecule has 1 N–H and O–H groups in total. The smallest absolute Gasteiger partial charge is 0.413 e. The van der Waals surface area contributed by atoms with Crippen molar-refractivity contribution < 1.29 is 9.53 Å². The van der Waals surface area contributed by atoms with Crippen molar-refractivity contribution in [2.24, 2.45) is 0 Å². The van der Waals surface area contributed by atoms with E-state index in [9.17, 15) is 4.79 Å². The number of nitrogens with one attached hydrogen (secondary N) is 1. The summed E-state index contributed by atoms with van der Waals surface area (Å²) < 4.78 is 5.24. The molecular formula is C18H19N3O2S. The van der Waals surface area contributed by atoms with Gasteiger partial charge in [0.25, 0.3) is 0 Å². The lowest BCUT2D eigenvalue weighted by Gasteiger charge is -2.18. The molecule has 2 heterocycles. The lowest BCUT2D eigenvalue weighted by molar-refractivity contribution is 0.0636. The molecule has 0 radical (unpaired) electrons. The minimum absolute atomic E-state index is 0.480. The maximum Gasteiger partial charge on any atom is 0.413 e. The van der Waals surface area contributed by atoms with Crippen LogP contribution in [-0.2, 0) is 4.74 Å². The number of nitrogens with zero attached hydrogens (tertiary/aromatic N) is 2. The standard InChI is InChI=1S/C18H19N3O2S/c1-11-7-5-6-8-12(11)13-9-10-14-15(19-13)24-16(20-14)21-17(22)23-18(2,3)4/h5-10H,1-4H3,(H,20,21,22). The molecule has 1 aromatic carbocycles. The van der Waals surface area contributed by atoms with E-state index in [0.717, 1.165) is 21.6 Å². The van der Waals surface area contributed by atoms with Gasteiger partial charge in [-0.2, -0.15) is 0 Å². The second kappa shape index (κ2) is 6.20. The molecule has 0 aliphatic heterocycles. The third kappa shape index (κ3) is 3.71. The van der Waals surface area contributed by atoms with Gasteiger partial charge in [-0.3, -0.25) is 5.32 Å². The minimum atomic E-state index is -0.545. The molecule has 0 atom stereocenters. The number of hydrogen-bond donors (Lipinski definition) is 1. The van der Waals surface area contributed by atoms with Crippen molar-refractivity contribution in [1.29, 1.82) is 0 Å². The van der Waals surface area contributed by atoms with E-state index in [1.54, 1.807) is 0 Å². The van der Waals surface area contributed by atoms with Crippen LogP contribution in [0.5, 0.6) is 0 Å². The summed E-state index contributed by atoms with van der Waals surface area (Å²) in [6, 6.07) is 12.0. The maximum atomic E-state index is 11.9. The average molecular weight is 341 g/mol. The molecular weight excluding hydrogens is 322 g/mol. The van der Waals surface area contributed by atoms with Crippen molar-refractivity contribution >= 4 is 32.9 Å². The van der Waals surface area contributed by atoms with Crippen molar-refractivity contribution in [1.82, 2.24) is 9.97 Å². The number of rotatable bonds is 2. The van der Waals surface area contributed by atoms with Crippen LogP contribution in [0.25, 0.3) is 21.6 Å². The number of aryl methyl sites for hydroxylation is 1. The first-order valence-corrected chi connectivity index (χ1v) is 8.47. The van der Waals surface area contributed by atoms with Gasteiger partial charge in [0.05, 0.1) is 5.69 Å². The summed E-state index contributed by atoms with van der Waals surface area (Å²) in [5.41, 5.74) is 3.36. The highest BCUT2D eigenvalue weighted by atomic mass is 32.1. The van der Waals surface area contributed by atoms with Gasteiger partial charge in [0.15, 0.2) is 5.13 Å². The van der Waals surface area contributed by atoms with E-state index >= 15 is 0 Å². The molecule has 24 heavy (non-hydrogen) atoms. The Morgan fingerprint density at radius 2 is 1.88 bits per heavy atom. The van der Waals surface area contributed by atoms with E-state index in [1.165, 1.54) is 16.9 Å². The van der Waals surface area contributed by atoms with Gasteiger partial charge in [-0.25, -0.2) is 14.8 Å². The Labute approximate surface area is 144 Å². The number of carbonyl (C=O) groups is 1. The highest BCUT2D eigenvalue weighted by Gasteiger charge is 2.18. The second-order valence-corrected chi connectivity index (χ2v) is 7.46. The number of aromatic nitrogens is 2. The number of hydrogen-bond acceptors (Lipinski definition) is 5. The van der Waals surface area contributed by atoms with Crippen molar-refractivity contribution in [3.05, 3.63) is 42.0 Å². The number of thiazole rings is 1. The SMILES string of the molecule is Cc1ccccc1-c1ccc2nc(NC(=O)OC(C)(C)C)sc2n1. The number of anilines is 1. The van der Waals surface area contributed by atoms with Crippen LogP contribution in [0.1, 0.15) is 26.3 Å². The average Bonchev–Trinajstić information content (AvgIpc) is 2.86. The van der Waals surface area contributed by atoms with Crippen LogP contribution in [0.3, 0.4) is 0 Å². The summed E-state index contributed by atoms with van der Waals surface area (Å²) in [4.78, 5) is 21.7. The first-order valence-electron chi connectivity index (χ1n) is 7.65. The summed E-state index contributed by atoms with van der Waals surface area (Å²) in [6.45, 7) is 7.52. The molecule has 0 saturated heterocycles. The van der Waals surface area contributed by atoms with Crippen LogP contribution >= 0.6 is 11.3 Å². The Bertz CT molecular complexity index is 897. The molecule has 0 fully saturated rings. The third-order valence-electron chi connectivity index (χ3n) is 3.28. The largest absolute Gasteiger partial charge is 0.444 e. The molecule has 0 aliphatic rings. The monoisotopic (exact) mass is 341 g/mol. The van der Waals surface area contributed by atoms with E-state index in [-0.39, 0.29) is 0 Å². The molecule has 0 saturated carbocycles. The molecule has 1 amide bonds. The Balaban J connectivity index is 1.87. The van der Waals surface area contributed by atoms with E-state index in [4.69, 9.17) is 4.74 Å². The zero-order valence-electron chi connectivity index (χ0n) is 14.1. The number of pyridine rings is 1. The first-order chi connectivity index (χ1) is 11.3. The summed E-state index contributed by atoms with van der Waals surface area (Å²) in [7, 11) is 0. The molecule has 0 spiro atoms. The maximum absolute atomic E-state index is 11.9. The predicted octanol–water partition coefficient (Wildman–Crippen LogP) is 5.01. The van der Waals surface area contributed by atoms with Gasteiger partial charge in [-0.1, -0.05) is 35.6 Å². The fourth-order valence-electron chi connectivity index (χ4n) is 2.27. The first kappa shape index (κ1) is 16.4. The summed E-state index contributed by atoms with van der Waals surface area (Å²) in [6.07, 6.45) is -0.513.